The molecule has 1 fully saturated rings. The lowest BCUT2D eigenvalue weighted by Gasteiger charge is -2.24. The number of hydrogen-bond donors (Lipinski definition) is 1. The average Bonchev–Trinajstić information content (AvgIpc) is 2.67. The Kier molecular flexibility index (Phi) is 6.62. The number of nitrogens with zero attached hydrogens (tertiary/aromatic N) is 1. The number of hydrogen-bond acceptors (Lipinski definition) is 3. The van der Waals surface area contributed by atoms with E-state index >= 15 is 0 Å². The molecule has 7 heteroatoms. The van der Waals surface area contributed by atoms with E-state index in [-0.39, 0.29) is 18.5 Å². The Morgan fingerprint density at radius 1 is 1.04 bits per heavy atom. The summed E-state index contributed by atoms with van der Waals surface area (Å²) in [5.74, 6) is -0.109. The number of benzene rings is 2. The fourth-order valence-corrected chi connectivity index (χ4v) is 4.46. The third kappa shape index (κ3) is 5.49. The molecule has 1 amide bonds. The number of sulfonamides is 1. The SMILES string of the molecule is CS(=O)(=O)N(Cc1ccc(Cl)cc1)c1ccc(C(=O)NC2CCCCC2)cc1. The quantitative estimate of drug-likeness (QED) is 0.754. The summed E-state index contributed by atoms with van der Waals surface area (Å²) in [5.41, 5.74) is 1.88. The van der Waals surface area contributed by atoms with E-state index in [1.54, 1.807) is 48.5 Å². The van der Waals surface area contributed by atoms with E-state index in [2.05, 4.69) is 5.32 Å². The molecule has 0 spiro atoms. The van der Waals surface area contributed by atoms with E-state index in [4.69, 9.17) is 11.6 Å². The smallest absolute Gasteiger partial charge is 0.251 e. The molecule has 0 unspecified atom stereocenters. The predicted octanol–water partition coefficient (Wildman–Crippen LogP) is 4.37. The molecular weight excluding hydrogens is 396 g/mol. The highest BCUT2D eigenvalue weighted by molar-refractivity contribution is 7.92. The standard InChI is InChI=1S/C21H25ClN2O3S/c1-28(26,27)24(15-16-7-11-18(22)12-8-16)20-13-9-17(10-14-20)21(25)23-19-5-3-2-4-6-19/h7-14,19H,2-6,15H2,1H3,(H,23,25). The van der Waals surface area contributed by atoms with Crippen LogP contribution in [0, 0.1) is 0 Å². The van der Waals surface area contributed by atoms with Crippen LogP contribution in [0.2, 0.25) is 5.02 Å². The largest absolute Gasteiger partial charge is 0.349 e. The Bertz CT molecular complexity index is 906. The first-order chi connectivity index (χ1) is 13.3. The number of carbonyl (C=O) groups is 1. The van der Waals surface area contributed by atoms with Gasteiger partial charge >= 0.3 is 0 Å². The molecule has 0 aliphatic heterocycles. The third-order valence-corrected chi connectivity index (χ3v) is 6.39. The van der Waals surface area contributed by atoms with Crippen LogP contribution >= 0.6 is 11.6 Å². The Morgan fingerprint density at radius 3 is 2.21 bits per heavy atom. The molecule has 0 heterocycles. The monoisotopic (exact) mass is 420 g/mol. The molecule has 1 saturated carbocycles. The van der Waals surface area contributed by atoms with Gasteiger partial charge in [-0.05, 0) is 54.8 Å². The van der Waals surface area contributed by atoms with Gasteiger partial charge in [-0.25, -0.2) is 8.42 Å². The maximum atomic E-state index is 12.5. The van der Waals surface area contributed by atoms with Crippen molar-refractivity contribution in [1.29, 1.82) is 0 Å². The third-order valence-electron chi connectivity index (χ3n) is 5.00. The van der Waals surface area contributed by atoms with Crippen molar-refractivity contribution in [2.24, 2.45) is 0 Å². The molecular formula is C21H25ClN2O3S. The summed E-state index contributed by atoms with van der Waals surface area (Å²) in [6, 6.07) is 14.0. The Balaban J connectivity index is 1.74. The zero-order chi connectivity index (χ0) is 20.1. The van der Waals surface area contributed by atoms with Gasteiger partial charge in [0.05, 0.1) is 18.5 Å². The van der Waals surface area contributed by atoms with Crippen molar-refractivity contribution in [3.8, 4) is 0 Å². The highest BCUT2D eigenvalue weighted by Gasteiger charge is 2.20. The van der Waals surface area contributed by atoms with E-state index in [9.17, 15) is 13.2 Å². The van der Waals surface area contributed by atoms with Crippen LogP contribution in [0.3, 0.4) is 0 Å². The lowest BCUT2D eigenvalue weighted by atomic mass is 9.95. The van der Waals surface area contributed by atoms with Crippen LogP contribution in [-0.2, 0) is 16.6 Å². The van der Waals surface area contributed by atoms with Gasteiger partial charge in [0.1, 0.15) is 0 Å². The molecule has 0 bridgehead atoms. The molecule has 150 valence electrons. The van der Waals surface area contributed by atoms with Gasteiger partial charge in [-0.15, -0.1) is 0 Å². The van der Waals surface area contributed by atoms with Crippen molar-refractivity contribution in [3.63, 3.8) is 0 Å². The number of anilines is 1. The molecule has 1 N–H and O–H groups in total. The zero-order valence-corrected chi connectivity index (χ0v) is 17.5. The van der Waals surface area contributed by atoms with Crippen LogP contribution < -0.4 is 9.62 Å². The van der Waals surface area contributed by atoms with Gasteiger partial charge in [-0.1, -0.05) is 43.0 Å². The van der Waals surface area contributed by atoms with Gasteiger partial charge in [-0.2, -0.15) is 0 Å². The summed E-state index contributed by atoms with van der Waals surface area (Å²) in [4.78, 5) is 12.5. The lowest BCUT2D eigenvalue weighted by Crippen LogP contribution is -2.36. The summed E-state index contributed by atoms with van der Waals surface area (Å²) in [6.45, 7) is 0.198. The number of rotatable bonds is 6. The molecule has 0 atom stereocenters. The summed E-state index contributed by atoms with van der Waals surface area (Å²) >= 11 is 5.90. The number of amides is 1. The van der Waals surface area contributed by atoms with E-state index < -0.39 is 10.0 Å². The molecule has 0 saturated heterocycles. The normalized spacial score (nSPS) is 15.2. The van der Waals surface area contributed by atoms with Crippen LogP contribution in [-0.4, -0.2) is 26.6 Å². The van der Waals surface area contributed by atoms with Gasteiger partial charge in [0, 0.05) is 16.6 Å². The van der Waals surface area contributed by atoms with Crippen LogP contribution in [0.4, 0.5) is 5.69 Å². The molecule has 1 aliphatic rings. The van der Waals surface area contributed by atoms with Crippen molar-refractivity contribution >= 4 is 33.2 Å². The van der Waals surface area contributed by atoms with E-state index in [1.165, 1.54) is 17.0 Å². The van der Waals surface area contributed by atoms with Crippen molar-refractivity contribution in [3.05, 3.63) is 64.7 Å². The fraction of sp³-hybridized carbons (Fsp3) is 0.381. The molecule has 3 rings (SSSR count). The predicted molar refractivity (Wildman–Crippen MR) is 113 cm³/mol. The Labute approximate surface area is 171 Å². The molecule has 2 aromatic carbocycles. The van der Waals surface area contributed by atoms with Gasteiger partial charge < -0.3 is 5.32 Å². The molecule has 1 aliphatic carbocycles. The Morgan fingerprint density at radius 2 is 1.64 bits per heavy atom. The molecule has 5 nitrogen and oxygen atoms in total. The van der Waals surface area contributed by atoms with Crippen molar-refractivity contribution in [2.45, 2.75) is 44.7 Å². The minimum atomic E-state index is -3.48. The molecule has 28 heavy (non-hydrogen) atoms. The highest BCUT2D eigenvalue weighted by Crippen LogP contribution is 2.23. The number of halogens is 1. The number of nitrogens with one attached hydrogen (secondary N) is 1. The van der Waals surface area contributed by atoms with Crippen LogP contribution in [0.25, 0.3) is 0 Å². The first kappa shape index (κ1) is 20.7. The van der Waals surface area contributed by atoms with Gasteiger partial charge in [0.25, 0.3) is 5.91 Å². The maximum Gasteiger partial charge on any atom is 0.251 e. The molecule has 0 aromatic heterocycles. The fourth-order valence-electron chi connectivity index (χ4n) is 3.45. The van der Waals surface area contributed by atoms with Crippen molar-refractivity contribution < 1.29 is 13.2 Å². The Hall–Kier alpha value is -2.05. The van der Waals surface area contributed by atoms with Crippen LogP contribution in [0.1, 0.15) is 48.0 Å². The topological polar surface area (TPSA) is 66.5 Å². The summed E-state index contributed by atoms with van der Waals surface area (Å²) in [5, 5.41) is 3.68. The second-order valence-electron chi connectivity index (χ2n) is 7.25. The highest BCUT2D eigenvalue weighted by atomic mass is 35.5. The second kappa shape index (κ2) is 8.97. The minimum absolute atomic E-state index is 0.109. The summed E-state index contributed by atoms with van der Waals surface area (Å²) < 4.78 is 25.9. The van der Waals surface area contributed by atoms with Crippen molar-refractivity contribution in [1.82, 2.24) is 5.32 Å². The minimum Gasteiger partial charge on any atom is -0.349 e. The molecule has 2 aromatic rings. The zero-order valence-electron chi connectivity index (χ0n) is 15.9. The van der Waals surface area contributed by atoms with Crippen LogP contribution in [0.5, 0.6) is 0 Å². The number of carbonyl (C=O) groups excluding carboxylic acids is 1. The van der Waals surface area contributed by atoms with Gasteiger partial charge in [0.15, 0.2) is 0 Å². The van der Waals surface area contributed by atoms with E-state index in [1.807, 2.05) is 0 Å². The lowest BCUT2D eigenvalue weighted by molar-refractivity contribution is 0.0927. The first-order valence-corrected chi connectivity index (χ1v) is 11.7. The summed E-state index contributed by atoms with van der Waals surface area (Å²) in [6.07, 6.45) is 6.75. The second-order valence-corrected chi connectivity index (χ2v) is 9.59. The van der Waals surface area contributed by atoms with Gasteiger partial charge in [-0.3, -0.25) is 9.10 Å². The van der Waals surface area contributed by atoms with E-state index in [0.717, 1.165) is 31.2 Å². The van der Waals surface area contributed by atoms with Crippen LogP contribution in [0.15, 0.2) is 48.5 Å². The van der Waals surface area contributed by atoms with Gasteiger partial charge in [0.2, 0.25) is 10.0 Å². The maximum absolute atomic E-state index is 12.5. The average molecular weight is 421 g/mol. The van der Waals surface area contributed by atoms with Crippen molar-refractivity contribution in [2.75, 3.05) is 10.6 Å². The van der Waals surface area contributed by atoms with E-state index in [0.29, 0.717) is 16.3 Å². The first-order valence-electron chi connectivity index (χ1n) is 9.46. The molecule has 0 radical (unpaired) electrons. The summed E-state index contributed by atoms with van der Waals surface area (Å²) in [7, 11) is -3.48.